The smallest absolute Gasteiger partial charge is 0.291 e. The Labute approximate surface area is 91.9 Å². The van der Waals surface area contributed by atoms with Crippen LogP contribution in [0.1, 0.15) is 16.1 Å². The Balaban J connectivity index is 2.21. The predicted molar refractivity (Wildman–Crippen MR) is 57.8 cm³/mol. The first-order valence-electron chi connectivity index (χ1n) is 4.78. The largest absolute Gasteiger partial charge is 0.459 e. The van der Waals surface area contributed by atoms with Gasteiger partial charge in [-0.1, -0.05) is 12.1 Å². The number of benzene rings is 1. The van der Waals surface area contributed by atoms with Crippen molar-refractivity contribution >= 4 is 11.6 Å². The van der Waals surface area contributed by atoms with Crippen LogP contribution in [0.25, 0.3) is 0 Å². The average Bonchev–Trinajstić information content (AvgIpc) is 2.68. The molecule has 2 rings (SSSR count). The standard InChI is InChI=1S/C12H10FNO2/c1-8-6-7-16-11(8)12(15)14-10-5-3-2-4-9(10)13/h2-7H,1H3,(H,14,15). The first-order valence-corrected chi connectivity index (χ1v) is 4.78. The van der Waals surface area contributed by atoms with E-state index in [4.69, 9.17) is 4.42 Å². The molecule has 0 unspecified atom stereocenters. The molecule has 3 nitrogen and oxygen atoms in total. The Kier molecular flexibility index (Phi) is 2.72. The number of para-hydroxylation sites is 1. The topological polar surface area (TPSA) is 42.2 Å². The molecule has 4 heteroatoms. The number of hydrogen-bond donors (Lipinski definition) is 1. The molecule has 0 aliphatic rings. The van der Waals surface area contributed by atoms with Gasteiger partial charge in [0.25, 0.3) is 5.91 Å². The van der Waals surface area contributed by atoms with Gasteiger partial charge in [-0.15, -0.1) is 0 Å². The van der Waals surface area contributed by atoms with Crippen LogP contribution in [-0.2, 0) is 0 Å². The molecule has 0 radical (unpaired) electrons. The fraction of sp³-hybridized carbons (Fsp3) is 0.0833. The molecule has 0 atom stereocenters. The summed E-state index contributed by atoms with van der Waals surface area (Å²) < 4.78 is 18.3. The van der Waals surface area contributed by atoms with E-state index in [2.05, 4.69) is 5.32 Å². The molecule has 1 amide bonds. The molecule has 16 heavy (non-hydrogen) atoms. The summed E-state index contributed by atoms with van der Waals surface area (Å²) in [6.45, 7) is 1.75. The Morgan fingerprint density at radius 3 is 2.69 bits per heavy atom. The molecule has 82 valence electrons. The van der Waals surface area contributed by atoms with Crippen molar-refractivity contribution in [3.05, 3.63) is 53.7 Å². The van der Waals surface area contributed by atoms with Gasteiger partial charge in [0.2, 0.25) is 0 Å². The van der Waals surface area contributed by atoms with Crippen LogP contribution in [0.2, 0.25) is 0 Å². The summed E-state index contributed by atoms with van der Waals surface area (Å²) in [5.74, 6) is -0.726. The van der Waals surface area contributed by atoms with Gasteiger partial charge in [0, 0.05) is 5.56 Å². The molecule has 2 aromatic rings. The third-order valence-corrected chi connectivity index (χ3v) is 2.19. The number of anilines is 1. The first-order chi connectivity index (χ1) is 7.68. The molecule has 1 aromatic carbocycles. The van der Waals surface area contributed by atoms with E-state index in [0.717, 1.165) is 0 Å². The summed E-state index contributed by atoms with van der Waals surface area (Å²) >= 11 is 0. The SMILES string of the molecule is Cc1ccoc1C(=O)Nc1ccccc1F. The van der Waals surface area contributed by atoms with Crippen LogP contribution < -0.4 is 5.32 Å². The molecule has 0 aliphatic heterocycles. The van der Waals surface area contributed by atoms with Crippen LogP contribution in [0.3, 0.4) is 0 Å². The van der Waals surface area contributed by atoms with E-state index < -0.39 is 11.7 Å². The van der Waals surface area contributed by atoms with Gasteiger partial charge in [-0.3, -0.25) is 4.79 Å². The lowest BCUT2D eigenvalue weighted by atomic mass is 10.2. The predicted octanol–water partition coefficient (Wildman–Crippen LogP) is 2.98. The van der Waals surface area contributed by atoms with Gasteiger partial charge in [-0.05, 0) is 25.1 Å². The minimum atomic E-state index is -0.472. The van der Waals surface area contributed by atoms with Crippen LogP contribution in [-0.4, -0.2) is 5.91 Å². The molecule has 0 bridgehead atoms. The van der Waals surface area contributed by atoms with Gasteiger partial charge < -0.3 is 9.73 Å². The van der Waals surface area contributed by atoms with Crippen molar-refractivity contribution < 1.29 is 13.6 Å². The average molecular weight is 219 g/mol. The lowest BCUT2D eigenvalue weighted by molar-refractivity contribution is 0.0995. The summed E-state index contributed by atoms with van der Waals surface area (Å²) in [6, 6.07) is 7.66. The second-order valence-electron chi connectivity index (χ2n) is 3.37. The van der Waals surface area contributed by atoms with E-state index >= 15 is 0 Å². The van der Waals surface area contributed by atoms with Gasteiger partial charge in [-0.2, -0.15) is 0 Å². The molecule has 1 aromatic heterocycles. The van der Waals surface area contributed by atoms with Crippen molar-refractivity contribution in [3.8, 4) is 0 Å². The van der Waals surface area contributed by atoms with E-state index in [1.807, 2.05) is 0 Å². The van der Waals surface area contributed by atoms with Crippen molar-refractivity contribution in [2.24, 2.45) is 0 Å². The fourth-order valence-electron chi connectivity index (χ4n) is 1.35. The van der Waals surface area contributed by atoms with E-state index in [-0.39, 0.29) is 11.4 Å². The molecule has 1 heterocycles. The van der Waals surface area contributed by atoms with Crippen molar-refractivity contribution in [2.75, 3.05) is 5.32 Å². The van der Waals surface area contributed by atoms with E-state index in [1.165, 1.54) is 18.4 Å². The number of hydrogen-bond acceptors (Lipinski definition) is 2. The third-order valence-electron chi connectivity index (χ3n) is 2.19. The summed E-state index contributed by atoms with van der Waals surface area (Å²) in [7, 11) is 0. The van der Waals surface area contributed by atoms with E-state index in [1.54, 1.807) is 25.1 Å². The normalized spacial score (nSPS) is 10.1. The summed E-state index contributed by atoms with van der Waals surface area (Å²) in [5, 5.41) is 2.45. The van der Waals surface area contributed by atoms with Crippen LogP contribution in [0.15, 0.2) is 41.0 Å². The molecule has 0 spiro atoms. The zero-order valence-electron chi connectivity index (χ0n) is 8.66. The number of rotatable bonds is 2. The molecular formula is C12H10FNO2. The molecule has 0 saturated carbocycles. The van der Waals surface area contributed by atoms with Gasteiger partial charge in [0.15, 0.2) is 5.76 Å². The maximum Gasteiger partial charge on any atom is 0.291 e. The summed E-state index contributed by atoms with van der Waals surface area (Å²) in [4.78, 5) is 11.7. The minimum Gasteiger partial charge on any atom is -0.459 e. The highest BCUT2D eigenvalue weighted by Crippen LogP contribution is 2.15. The Bertz CT molecular complexity index is 519. The van der Waals surface area contributed by atoms with Crippen LogP contribution in [0.5, 0.6) is 0 Å². The maximum atomic E-state index is 13.2. The number of aryl methyl sites for hydroxylation is 1. The molecule has 1 N–H and O–H groups in total. The summed E-state index contributed by atoms with van der Waals surface area (Å²) in [5.41, 5.74) is 0.858. The zero-order valence-corrected chi connectivity index (χ0v) is 8.66. The highest BCUT2D eigenvalue weighted by Gasteiger charge is 2.13. The van der Waals surface area contributed by atoms with Crippen molar-refractivity contribution in [1.82, 2.24) is 0 Å². The third kappa shape index (κ3) is 1.95. The Morgan fingerprint density at radius 1 is 1.31 bits per heavy atom. The molecule has 0 fully saturated rings. The van der Waals surface area contributed by atoms with E-state index in [0.29, 0.717) is 5.56 Å². The minimum absolute atomic E-state index is 0.142. The van der Waals surface area contributed by atoms with Crippen molar-refractivity contribution in [3.63, 3.8) is 0 Å². The fourth-order valence-corrected chi connectivity index (χ4v) is 1.35. The monoisotopic (exact) mass is 219 g/mol. The number of halogens is 1. The molecular weight excluding hydrogens is 209 g/mol. The van der Waals surface area contributed by atoms with Crippen molar-refractivity contribution in [1.29, 1.82) is 0 Å². The zero-order chi connectivity index (χ0) is 11.5. The van der Waals surface area contributed by atoms with Gasteiger partial charge in [0.1, 0.15) is 5.82 Å². The highest BCUT2D eigenvalue weighted by atomic mass is 19.1. The van der Waals surface area contributed by atoms with Crippen LogP contribution in [0, 0.1) is 12.7 Å². The van der Waals surface area contributed by atoms with E-state index in [9.17, 15) is 9.18 Å². The number of nitrogens with one attached hydrogen (secondary N) is 1. The highest BCUT2D eigenvalue weighted by molar-refractivity contribution is 6.03. The lowest BCUT2D eigenvalue weighted by Crippen LogP contribution is -2.13. The Morgan fingerprint density at radius 2 is 2.06 bits per heavy atom. The van der Waals surface area contributed by atoms with Crippen LogP contribution >= 0.6 is 0 Å². The second-order valence-corrected chi connectivity index (χ2v) is 3.37. The number of carbonyl (C=O) groups excluding carboxylic acids is 1. The maximum absolute atomic E-state index is 13.2. The first kappa shape index (κ1) is 10.4. The number of furan rings is 1. The van der Waals surface area contributed by atoms with Gasteiger partial charge in [-0.25, -0.2) is 4.39 Å². The number of carbonyl (C=O) groups is 1. The molecule has 0 aliphatic carbocycles. The second kappa shape index (κ2) is 4.18. The van der Waals surface area contributed by atoms with Gasteiger partial charge >= 0.3 is 0 Å². The summed E-state index contributed by atoms with van der Waals surface area (Å²) in [6.07, 6.45) is 1.42. The van der Waals surface area contributed by atoms with Gasteiger partial charge in [0.05, 0.1) is 12.0 Å². The molecule has 0 saturated heterocycles. The quantitative estimate of drug-likeness (QED) is 0.843. The lowest BCUT2D eigenvalue weighted by Gasteiger charge is -2.04. The Hall–Kier alpha value is -2.10. The van der Waals surface area contributed by atoms with Crippen molar-refractivity contribution in [2.45, 2.75) is 6.92 Å². The van der Waals surface area contributed by atoms with Crippen LogP contribution in [0.4, 0.5) is 10.1 Å². The number of amides is 1.